The van der Waals surface area contributed by atoms with Crippen LogP contribution in [0, 0.1) is 0 Å². The van der Waals surface area contributed by atoms with E-state index in [1.165, 1.54) is 0 Å². The zero-order valence-electron chi connectivity index (χ0n) is 3.30. The van der Waals surface area contributed by atoms with E-state index in [1.807, 2.05) is 0 Å². The molecule has 0 aromatic heterocycles. The van der Waals surface area contributed by atoms with E-state index in [4.69, 9.17) is 9.46 Å². The minimum absolute atomic E-state index is 0. The normalized spacial score (nSPS) is 3.50. The van der Waals surface area contributed by atoms with Gasteiger partial charge in [-0.25, -0.2) is 4.57 Å². The van der Waals surface area contributed by atoms with Gasteiger partial charge in [0, 0.05) is 0 Å². The third-order valence-electron chi connectivity index (χ3n) is 0. The van der Waals surface area contributed by atoms with Gasteiger partial charge >= 0.3 is 54.3 Å². The number of hydrogen-bond acceptors (Lipinski definition) is 1. The van der Waals surface area contributed by atoms with Crippen molar-refractivity contribution in [1.29, 1.82) is 0 Å². The molecule has 0 spiro atoms. The first-order valence-electron chi connectivity index (χ1n) is 0.383. The molecule has 0 fully saturated rings. The Bertz CT molecular complexity index is 21.0. The maximum absolute atomic E-state index is 8.46. The molecule has 0 saturated heterocycles. The molecule has 0 saturated carbocycles. The van der Waals surface area contributed by atoms with Crippen molar-refractivity contribution in [2.75, 3.05) is 0 Å². The van der Waals surface area contributed by atoms with Gasteiger partial charge in [0.2, 0.25) is 0 Å². The number of rotatable bonds is 0. The van der Waals surface area contributed by atoms with E-state index in [1.54, 1.807) is 0 Å². The van der Waals surface area contributed by atoms with Crippen LogP contribution in [0.5, 0.6) is 0 Å². The maximum atomic E-state index is 8.46. The second kappa shape index (κ2) is 27.5. The monoisotopic (exact) mass is 282 g/mol. The molecule has 2 nitrogen and oxygen atoms in total. The molecule has 0 aliphatic heterocycles. The van der Waals surface area contributed by atoms with Gasteiger partial charge in [-0.1, -0.05) is 0 Å². The predicted molar refractivity (Wildman–Crippen MR) is 36.9 cm³/mol. The third-order valence-corrected chi connectivity index (χ3v) is 0. The Hall–Kier alpha value is 2.10. The number of hydrogen-bond donors (Lipinski definition) is 1. The Morgan fingerprint density at radius 2 is 1.50 bits per heavy atom. The molecule has 0 atom stereocenters. The van der Waals surface area contributed by atoms with Crippen LogP contribution in [-0.2, 0) is 4.57 Å². The van der Waals surface area contributed by atoms with Gasteiger partial charge in [-0.3, -0.25) is 0 Å². The Balaban J connectivity index is -0.00000000667. The summed E-state index contributed by atoms with van der Waals surface area (Å²) >= 11 is 0. The topological polar surface area (TPSA) is 37.3 Å². The SMILES string of the molecule is O=PO.[AlH3].[GaH2].[InH2]. The molecule has 0 aliphatic rings. The summed E-state index contributed by atoms with van der Waals surface area (Å²) < 4.78 is 8.46. The predicted octanol–water partition coefficient (Wildman–Crippen LogP) is -2.83. The van der Waals surface area contributed by atoms with Gasteiger partial charge in [0.25, 0.3) is 0 Å². The summed E-state index contributed by atoms with van der Waals surface area (Å²) in [6.45, 7) is 0. The molecule has 2 radical (unpaired) electrons. The van der Waals surface area contributed by atoms with Crippen LogP contribution >= 0.6 is 8.69 Å². The van der Waals surface area contributed by atoms with Gasteiger partial charge in [0.15, 0.2) is 17.4 Å². The molecule has 0 amide bonds. The van der Waals surface area contributed by atoms with E-state index in [2.05, 4.69) is 0 Å². The summed E-state index contributed by atoms with van der Waals surface area (Å²) in [7, 11) is -0.833. The van der Waals surface area contributed by atoms with E-state index < -0.39 is 8.69 Å². The first-order chi connectivity index (χ1) is 1.41. The first-order valence-corrected chi connectivity index (χ1v) is 1.15. The molecule has 0 aromatic rings. The fourth-order valence-corrected chi connectivity index (χ4v) is 0. The van der Waals surface area contributed by atoms with Crippen molar-refractivity contribution in [2.45, 2.75) is 0 Å². The second-order valence-corrected chi connectivity index (χ2v) is 0.245. The molecule has 0 rings (SSSR count). The fourth-order valence-electron chi connectivity index (χ4n) is 0. The molecule has 0 aromatic carbocycles. The summed E-state index contributed by atoms with van der Waals surface area (Å²) in [5.74, 6) is 0. The molecular formula is H8AlGaInO2P. The van der Waals surface area contributed by atoms with Gasteiger partial charge in [0.1, 0.15) is 0 Å². The van der Waals surface area contributed by atoms with Crippen molar-refractivity contribution in [1.82, 2.24) is 0 Å². The van der Waals surface area contributed by atoms with Crippen LogP contribution in [-0.4, -0.2) is 67.9 Å². The van der Waals surface area contributed by atoms with Crippen LogP contribution in [0.2, 0.25) is 0 Å². The van der Waals surface area contributed by atoms with E-state index in [9.17, 15) is 0 Å². The minimum atomic E-state index is -0.833. The van der Waals surface area contributed by atoms with Crippen LogP contribution in [0.25, 0.3) is 0 Å². The van der Waals surface area contributed by atoms with Crippen molar-refractivity contribution >= 4 is 71.7 Å². The summed E-state index contributed by atoms with van der Waals surface area (Å²) in [5, 5.41) is 0. The van der Waals surface area contributed by atoms with Gasteiger partial charge in [0.05, 0.1) is 0 Å². The van der Waals surface area contributed by atoms with E-state index in [0.717, 1.165) is 0 Å². The van der Waals surface area contributed by atoms with Crippen molar-refractivity contribution in [3.63, 3.8) is 0 Å². The van der Waals surface area contributed by atoms with E-state index in [-0.39, 0.29) is 63.0 Å². The Morgan fingerprint density at radius 1 is 1.50 bits per heavy atom. The Morgan fingerprint density at radius 3 is 1.50 bits per heavy atom. The Labute approximate surface area is 80.3 Å². The standard InChI is InChI=1S/Al.Ga.In.HO2P.7H/c;;;1-3-2;;;;;;;/h;;;(H,1,2);;;;;;;. The molecule has 6 heavy (non-hydrogen) atoms. The van der Waals surface area contributed by atoms with Crippen LogP contribution in [0.3, 0.4) is 0 Å². The second-order valence-electron chi connectivity index (χ2n) is 0.0816. The average molecular weight is 283 g/mol. The van der Waals surface area contributed by atoms with E-state index >= 15 is 0 Å². The molecule has 34 valence electrons. The van der Waals surface area contributed by atoms with Gasteiger partial charge in [-0.2, -0.15) is 0 Å². The van der Waals surface area contributed by atoms with Crippen LogP contribution < -0.4 is 0 Å². The molecule has 0 unspecified atom stereocenters. The molecule has 0 heterocycles. The van der Waals surface area contributed by atoms with Crippen molar-refractivity contribution in [3.05, 3.63) is 0 Å². The zero-order chi connectivity index (χ0) is 2.71. The summed E-state index contributed by atoms with van der Waals surface area (Å²) in [6, 6.07) is 0. The average Bonchev–Trinajstić information content (AvgIpc) is 0.918. The Kier molecular flexibility index (Phi) is 111. The van der Waals surface area contributed by atoms with Crippen LogP contribution in [0.15, 0.2) is 0 Å². The van der Waals surface area contributed by atoms with Gasteiger partial charge in [-0.05, 0) is 0 Å². The zero-order valence-corrected chi connectivity index (χ0v) is 14.1. The molecular weight excluding hydrogens is 274 g/mol. The molecule has 0 aliphatic carbocycles. The van der Waals surface area contributed by atoms with Crippen molar-refractivity contribution < 1.29 is 9.46 Å². The van der Waals surface area contributed by atoms with Crippen molar-refractivity contribution in [3.8, 4) is 0 Å². The first kappa shape index (κ1) is 24.3. The van der Waals surface area contributed by atoms with Gasteiger partial charge in [-0.15, -0.1) is 0 Å². The fraction of sp³-hybridized carbons (Fsp3) is 0. The van der Waals surface area contributed by atoms with Crippen molar-refractivity contribution in [2.24, 2.45) is 0 Å². The quantitative estimate of drug-likeness (QED) is 0.384. The molecule has 1 N–H and O–H groups in total. The van der Waals surface area contributed by atoms with Crippen LogP contribution in [0.4, 0.5) is 0 Å². The van der Waals surface area contributed by atoms with E-state index in [0.29, 0.717) is 0 Å². The molecule has 6 heteroatoms. The van der Waals surface area contributed by atoms with Crippen LogP contribution in [0.1, 0.15) is 0 Å². The summed E-state index contributed by atoms with van der Waals surface area (Å²) in [6.07, 6.45) is 0. The molecule has 0 bridgehead atoms. The summed E-state index contributed by atoms with van der Waals surface area (Å²) in [4.78, 5) is 6.99. The third kappa shape index (κ3) is 36.0. The summed E-state index contributed by atoms with van der Waals surface area (Å²) in [5.41, 5.74) is 0. The van der Waals surface area contributed by atoms with Gasteiger partial charge < -0.3 is 4.89 Å².